The maximum absolute atomic E-state index is 14.2. The molecule has 3 aromatic heterocycles. The first-order valence-corrected chi connectivity index (χ1v) is 9.96. The maximum atomic E-state index is 14.2. The normalized spacial score (nSPS) is 11.1. The molecule has 0 unspecified atom stereocenters. The number of pyridine rings is 1. The minimum atomic E-state index is -0.208. The lowest BCUT2D eigenvalue weighted by atomic mass is 10.1. The van der Waals surface area contributed by atoms with E-state index in [9.17, 15) is 4.39 Å². The van der Waals surface area contributed by atoms with Gasteiger partial charge in [-0.2, -0.15) is 0 Å². The summed E-state index contributed by atoms with van der Waals surface area (Å²) >= 11 is 1.37. The Balaban J connectivity index is 1.49. The molecule has 0 spiro atoms. The summed E-state index contributed by atoms with van der Waals surface area (Å²) in [5.74, 6) is 0.587. The molecular weight excluding hydrogens is 387 g/mol. The second kappa shape index (κ2) is 9.45. The van der Waals surface area contributed by atoms with Gasteiger partial charge in [0.05, 0.1) is 6.54 Å². The Bertz CT molecular complexity index is 1040. The van der Waals surface area contributed by atoms with Crippen molar-refractivity contribution in [3.05, 3.63) is 102 Å². The van der Waals surface area contributed by atoms with E-state index in [1.165, 1.54) is 17.8 Å². The number of benzene rings is 1. The fourth-order valence-corrected chi connectivity index (χ4v) is 3.62. The summed E-state index contributed by atoms with van der Waals surface area (Å²) < 4.78 is 20.1. The molecule has 0 radical (unpaired) electrons. The average Bonchev–Trinajstić information content (AvgIpc) is 3.18. The fourth-order valence-electron chi connectivity index (χ4n) is 2.93. The van der Waals surface area contributed by atoms with E-state index in [4.69, 9.17) is 4.42 Å². The van der Waals surface area contributed by atoms with Crippen molar-refractivity contribution in [1.29, 1.82) is 0 Å². The van der Waals surface area contributed by atoms with Crippen LogP contribution in [0.2, 0.25) is 0 Å². The van der Waals surface area contributed by atoms with E-state index in [1.807, 2.05) is 42.6 Å². The average molecular weight is 406 g/mol. The molecule has 3 heterocycles. The van der Waals surface area contributed by atoms with Crippen LogP contribution in [0.1, 0.15) is 16.9 Å². The van der Waals surface area contributed by atoms with Crippen LogP contribution in [-0.4, -0.2) is 19.9 Å². The number of furan rings is 1. The third kappa shape index (κ3) is 5.49. The number of nitrogens with zero attached hydrogens (tertiary/aromatic N) is 4. The molecule has 0 amide bonds. The molecule has 29 heavy (non-hydrogen) atoms. The van der Waals surface area contributed by atoms with Gasteiger partial charge in [0.15, 0.2) is 10.2 Å². The van der Waals surface area contributed by atoms with Crippen molar-refractivity contribution >= 4 is 11.8 Å². The summed E-state index contributed by atoms with van der Waals surface area (Å²) in [6.07, 6.45) is 6.96. The van der Waals surface area contributed by atoms with E-state index in [0.717, 1.165) is 16.4 Å². The molecule has 0 N–H and O–H groups in total. The van der Waals surface area contributed by atoms with E-state index in [-0.39, 0.29) is 5.82 Å². The first-order chi connectivity index (χ1) is 14.3. The smallest absolute Gasteiger partial charge is 0.195 e. The highest BCUT2D eigenvalue weighted by atomic mass is 32.2. The maximum Gasteiger partial charge on any atom is 0.195 e. The summed E-state index contributed by atoms with van der Waals surface area (Å²) in [7, 11) is 0. The molecule has 0 fully saturated rings. The van der Waals surface area contributed by atoms with Crippen molar-refractivity contribution < 1.29 is 8.81 Å². The molecular formula is C22H19FN4OS. The van der Waals surface area contributed by atoms with Gasteiger partial charge < -0.3 is 4.42 Å². The van der Waals surface area contributed by atoms with Crippen LogP contribution in [0.5, 0.6) is 0 Å². The van der Waals surface area contributed by atoms with Crippen LogP contribution in [-0.2, 0) is 19.6 Å². The molecule has 0 aliphatic carbocycles. The van der Waals surface area contributed by atoms with E-state index < -0.39 is 0 Å². The highest BCUT2D eigenvalue weighted by Gasteiger charge is 2.14. The standard InChI is InChI=1S/C22H19FN4OS/c23-20-7-2-1-6-18(20)15-27(14-17-5-3-10-24-13-17)16-19-8-9-21(28-19)29-22-25-11-4-12-26-22/h1-13H,14-16H2. The molecule has 0 bridgehead atoms. The fraction of sp³-hybridized carbons (Fsp3) is 0.136. The zero-order valence-corrected chi connectivity index (χ0v) is 16.4. The first-order valence-electron chi connectivity index (χ1n) is 9.14. The summed E-state index contributed by atoms with van der Waals surface area (Å²) in [6, 6.07) is 16.4. The number of hydrogen-bond acceptors (Lipinski definition) is 6. The number of hydrogen-bond donors (Lipinski definition) is 0. The van der Waals surface area contributed by atoms with Gasteiger partial charge in [0.2, 0.25) is 0 Å². The predicted molar refractivity (Wildman–Crippen MR) is 108 cm³/mol. The van der Waals surface area contributed by atoms with Gasteiger partial charge in [0.1, 0.15) is 11.6 Å². The topological polar surface area (TPSA) is 55.1 Å². The van der Waals surface area contributed by atoms with Gasteiger partial charge in [-0.1, -0.05) is 24.3 Å². The molecule has 4 rings (SSSR count). The number of rotatable bonds is 8. The van der Waals surface area contributed by atoms with Crippen LogP contribution in [0.3, 0.4) is 0 Å². The lowest BCUT2D eigenvalue weighted by Crippen LogP contribution is -2.22. The summed E-state index contributed by atoms with van der Waals surface area (Å²) in [6.45, 7) is 1.64. The van der Waals surface area contributed by atoms with Gasteiger partial charge in [0.25, 0.3) is 0 Å². The zero-order chi connectivity index (χ0) is 19.9. The molecule has 4 aromatic rings. The van der Waals surface area contributed by atoms with Crippen LogP contribution >= 0.6 is 11.8 Å². The number of halogens is 1. The lowest BCUT2D eigenvalue weighted by Gasteiger charge is -2.21. The summed E-state index contributed by atoms with van der Waals surface area (Å²) in [4.78, 5) is 14.7. The van der Waals surface area contributed by atoms with Gasteiger partial charge in [-0.15, -0.1) is 0 Å². The Morgan fingerprint density at radius 3 is 2.52 bits per heavy atom. The monoisotopic (exact) mass is 406 g/mol. The number of aromatic nitrogens is 3. The van der Waals surface area contributed by atoms with Crippen LogP contribution in [0.15, 0.2) is 94.1 Å². The third-order valence-corrected chi connectivity index (χ3v) is 5.05. The van der Waals surface area contributed by atoms with Gasteiger partial charge >= 0.3 is 0 Å². The van der Waals surface area contributed by atoms with E-state index >= 15 is 0 Å². The molecule has 0 aliphatic rings. The first kappa shape index (κ1) is 19.3. The molecule has 0 atom stereocenters. The summed E-state index contributed by atoms with van der Waals surface area (Å²) in [5.41, 5.74) is 1.71. The Morgan fingerprint density at radius 1 is 0.862 bits per heavy atom. The van der Waals surface area contributed by atoms with Crippen molar-refractivity contribution in [3.63, 3.8) is 0 Å². The Labute approximate surface area is 172 Å². The SMILES string of the molecule is Fc1ccccc1CN(Cc1cccnc1)Cc1ccc(Sc2ncccn2)o1. The van der Waals surface area contributed by atoms with Gasteiger partial charge in [0, 0.05) is 43.4 Å². The highest BCUT2D eigenvalue weighted by molar-refractivity contribution is 7.99. The van der Waals surface area contributed by atoms with Crippen molar-refractivity contribution in [3.8, 4) is 0 Å². The second-order valence-electron chi connectivity index (χ2n) is 6.45. The predicted octanol–water partition coefficient (Wildman–Crippen LogP) is 4.96. The van der Waals surface area contributed by atoms with E-state index in [0.29, 0.717) is 30.4 Å². The van der Waals surface area contributed by atoms with Crippen molar-refractivity contribution in [2.75, 3.05) is 0 Å². The molecule has 0 saturated heterocycles. The minimum Gasteiger partial charge on any atom is -0.453 e. The zero-order valence-electron chi connectivity index (χ0n) is 15.6. The highest BCUT2D eigenvalue weighted by Crippen LogP contribution is 2.27. The van der Waals surface area contributed by atoms with Crippen molar-refractivity contribution in [2.45, 2.75) is 29.9 Å². The Kier molecular flexibility index (Phi) is 6.29. The van der Waals surface area contributed by atoms with Gasteiger partial charge in [-0.25, -0.2) is 14.4 Å². The van der Waals surface area contributed by atoms with Gasteiger partial charge in [-0.3, -0.25) is 9.88 Å². The molecule has 5 nitrogen and oxygen atoms in total. The van der Waals surface area contributed by atoms with Crippen LogP contribution in [0, 0.1) is 5.82 Å². The molecule has 146 valence electrons. The van der Waals surface area contributed by atoms with E-state index in [2.05, 4.69) is 19.9 Å². The molecule has 0 saturated carbocycles. The van der Waals surface area contributed by atoms with Crippen molar-refractivity contribution in [2.24, 2.45) is 0 Å². The lowest BCUT2D eigenvalue weighted by molar-refractivity contribution is 0.218. The van der Waals surface area contributed by atoms with Gasteiger partial charge in [-0.05, 0) is 47.7 Å². The Hall–Kier alpha value is -3.03. The minimum absolute atomic E-state index is 0.208. The van der Waals surface area contributed by atoms with Crippen molar-refractivity contribution in [1.82, 2.24) is 19.9 Å². The molecule has 0 aliphatic heterocycles. The Morgan fingerprint density at radius 2 is 1.72 bits per heavy atom. The quantitative estimate of drug-likeness (QED) is 0.386. The van der Waals surface area contributed by atoms with Crippen LogP contribution in [0.4, 0.5) is 4.39 Å². The van der Waals surface area contributed by atoms with E-state index in [1.54, 1.807) is 30.7 Å². The largest absolute Gasteiger partial charge is 0.453 e. The van der Waals surface area contributed by atoms with Crippen LogP contribution in [0.25, 0.3) is 0 Å². The third-order valence-electron chi connectivity index (χ3n) is 4.23. The molecule has 1 aromatic carbocycles. The van der Waals surface area contributed by atoms with Crippen LogP contribution < -0.4 is 0 Å². The molecule has 7 heteroatoms. The summed E-state index contributed by atoms with van der Waals surface area (Å²) in [5, 5.41) is 1.35. The second-order valence-corrected chi connectivity index (χ2v) is 7.42.